The molecule has 0 bridgehead atoms. The number of rotatable bonds is 8. The first-order valence-electron chi connectivity index (χ1n) is 8.33. The van der Waals surface area contributed by atoms with Gasteiger partial charge in [0.2, 0.25) is 5.91 Å². The highest BCUT2D eigenvalue weighted by Crippen LogP contribution is 2.10. The van der Waals surface area contributed by atoms with Crippen LogP contribution < -0.4 is 10.9 Å². The highest BCUT2D eigenvalue weighted by Gasteiger charge is 2.09. The second-order valence-corrected chi connectivity index (χ2v) is 6.02. The maximum Gasteiger partial charge on any atom is 0.272 e. The van der Waals surface area contributed by atoms with Crippen molar-refractivity contribution in [2.75, 3.05) is 13.2 Å². The lowest BCUT2D eigenvalue weighted by Gasteiger charge is -2.11. The van der Waals surface area contributed by atoms with Gasteiger partial charge in [0.15, 0.2) is 0 Å². The number of para-hydroxylation sites is 2. The molecule has 1 aromatic heterocycles. The number of aryl methyl sites for hydroxylation is 2. The van der Waals surface area contributed by atoms with Crippen LogP contribution in [0.3, 0.4) is 0 Å². The van der Waals surface area contributed by atoms with Gasteiger partial charge >= 0.3 is 0 Å². The smallest absolute Gasteiger partial charge is 0.272 e. The number of amides is 1. The van der Waals surface area contributed by atoms with Crippen LogP contribution in [0.2, 0.25) is 0 Å². The van der Waals surface area contributed by atoms with Crippen molar-refractivity contribution in [2.45, 2.75) is 46.3 Å². The van der Waals surface area contributed by atoms with Crippen LogP contribution in [0, 0.1) is 6.92 Å². The van der Waals surface area contributed by atoms with Crippen molar-refractivity contribution in [3.8, 4) is 0 Å². The van der Waals surface area contributed by atoms with Crippen LogP contribution in [0.25, 0.3) is 11.0 Å². The quantitative estimate of drug-likeness (QED) is 0.751. The highest BCUT2D eigenvalue weighted by molar-refractivity contribution is 5.77. The molecule has 0 aliphatic heterocycles. The largest absolute Gasteiger partial charge is 0.379 e. The first-order chi connectivity index (χ1) is 11.5. The second kappa shape index (κ2) is 8.59. The van der Waals surface area contributed by atoms with Crippen molar-refractivity contribution in [2.24, 2.45) is 0 Å². The summed E-state index contributed by atoms with van der Waals surface area (Å²) in [5.41, 5.74) is 1.82. The number of carbonyl (C=O) groups is 1. The van der Waals surface area contributed by atoms with E-state index in [1.807, 2.05) is 38.1 Å². The summed E-state index contributed by atoms with van der Waals surface area (Å²) < 4.78 is 7.05. The van der Waals surface area contributed by atoms with Crippen LogP contribution in [-0.4, -0.2) is 34.7 Å². The molecule has 24 heavy (non-hydrogen) atoms. The van der Waals surface area contributed by atoms with Gasteiger partial charge in [0.1, 0.15) is 5.69 Å². The topological polar surface area (TPSA) is 73.2 Å². The average Bonchev–Trinajstić information content (AvgIpc) is 2.54. The monoisotopic (exact) mass is 331 g/mol. The number of benzene rings is 1. The van der Waals surface area contributed by atoms with E-state index in [-0.39, 0.29) is 24.0 Å². The molecule has 0 spiro atoms. The van der Waals surface area contributed by atoms with Gasteiger partial charge in [-0.15, -0.1) is 0 Å². The molecule has 0 atom stereocenters. The molecule has 130 valence electrons. The predicted octanol–water partition coefficient (Wildman–Crippen LogP) is 2.03. The van der Waals surface area contributed by atoms with Gasteiger partial charge in [-0.25, -0.2) is 4.98 Å². The fourth-order valence-corrected chi connectivity index (χ4v) is 2.46. The molecule has 0 fully saturated rings. The van der Waals surface area contributed by atoms with Crippen LogP contribution in [0.4, 0.5) is 0 Å². The average molecular weight is 331 g/mol. The van der Waals surface area contributed by atoms with E-state index in [1.54, 1.807) is 11.5 Å². The Morgan fingerprint density at radius 3 is 2.83 bits per heavy atom. The van der Waals surface area contributed by atoms with E-state index >= 15 is 0 Å². The molecule has 1 heterocycles. The molecule has 1 amide bonds. The van der Waals surface area contributed by atoms with Crippen molar-refractivity contribution in [3.63, 3.8) is 0 Å². The third-order valence-electron chi connectivity index (χ3n) is 3.67. The maximum atomic E-state index is 12.3. The summed E-state index contributed by atoms with van der Waals surface area (Å²) in [5, 5.41) is 2.86. The van der Waals surface area contributed by atoms with Gasteiger partial charge in [-0.05, 0) is 39.3 Å². The third-order valence-corrected chi connectivity index (χ3v) is 3.67. The lowest BCUT2D eigenvalue weighted by Crippen LogP contribution is -2.30. The fraction of sp³-hybridized carbons (Fsp3) is 0.500. The summed E-state index contributed by atoms with van der Waals surface area (Å²) in [5.74, 6) is -0.0648. The molecule has 1 N–H and O–H groups in total. The maximum absolute atomic E-state index is 12.3. The predicted molar refractivity (Wildman–Crippen MR) is 94.1 cm³/mol. The normalized spacial score (nSPS) is 11.2. The number of aromatic nitrogens is 2. The molecule has 0 radical (unpaired) electrons. The lowest BCUT2D eigenvalue weighted by molar-refractivity contribution is -0.121. The molecule has 0 aliphatic carbocycles. The molecule has 6 heteroatoms. The molecule has 0 saturated carbocycles. The standard InChI is InChI=1S/C18H25N3O3/c1-13(2)24-12-6-10-19-17(22)9-11-21-16-8-5-4-7-15(16)20-14(3)18(21)23/h4-5,7-8,13H,6,9-12H2,1-3H3,(H,19,22). The van der Waals surface area contributed by atoms with Gasteiger partial charge in [0, 0.05) is 26.1 Å². The first-order valence-corrected chi connectivity index (χ1v) is 8.33. The van der Waals surface area contributed by atoms with Crippen molar-refractivity contribution < 1.29 is 9.53 Å². The molecule has 2 aromatic rings. The van der Waals surface area contributed by atoms with Crippen molar-refractivity contribution in [1.29, 1.82) is 0 Å². The lowest BCUT2D eigenvalue weighted by atomic mass is 10.2. The Kier molecular flexibility index (Phi) is 6.49. The molecule has 0 aliphatic rings. The van der Waals surface area contributed by atoms with Crippen molar-refractivity contribution in [1.82, 2.24) is 14.9 Å². The molecule has 1 aromatic carbocycles. The minimum Gasteiger partial charge on any atom is -0.379 e. The summed E-state index contributed by atoms with van der Waals surface area (Å²) in [6.07, 6.45) is 1.25. The number of nitrogens with one attached hydrogen (secondary N) is 1. The van der Waals surface area contributed by atoms with Gasteiger partial charge in [0.25, 0.3) is 5.56 Å². The third kappa shape index (κ3) is 4.89. The number of fused-ring (bicyclic) bond motifs is 1. The molecule has 0 unspecified atom stereocenters. The van der Waals surface area contributed by atoms with E-state index in [1.165, 1.54) is 0 Å². The number of hydrogen-bond acceptors (Lipinski definition) is 4. The van der Waals surface area contributed by atoms with Gasteiger partial charge in [-0.1, -0.05) is 12.1 Å². The van der Waals surface area contributed by atoms with E-state index in [9.17, 15) is 9.59 Å². The van der Waals surface area contributed by atoms with Crippen LogP contribution >= 0.6 is 0 Å². The second-order valence-electron chi connectivity index (χ2n) is 6.02. The van der Waals surface area contributed by atoms with Gasteiger partial charge in [-0.3, -0.25) is 9.59 Å². The van der Waals surface area contributed by atoms with Crippen LogP contribution in [0.1, 0.15) is 32.4 Å². The minimum absolute atomic E-state index is 0.0648. The highest BCUT2D eigenvalue weighted by atomic mass is 16.5. The van der Waals surface area contributed by atoms with Gasteiger partial charge < -0.3 is 14.6 Å². The van der Waals surface area contributed by atoms with Gasteiger partial charge in [-0.2, -0.15) is 0 Å². The zero-order valence-corrected chi connectivity index (χ0v) is 14.5. The van der Waals surface area contributed by atoms with E-state index in [2.05, 4.69) is 10.3 Å². The van der Waals surface area contributed by atoms with Crippen molar-refractivity contribution in [3.05, 3.63) is 40.3 Å². The summed E-state index contributed by atoms with van der Waals surface area (Å²) in [6, 6.07) is 7.47. The summed E-state index contributed by atoms with van der Waals surface area (Å²) in [7, 11) is 0. The van der Waals surface area contributed by atoms with Gasteiger partial charge in [0.05, 0.1) is 17.1 Å². The SMILES string of the molecule is Cc1nc2ccccc2n(CCC(=O)NCCCOC(C)C)c1=O. The van der Waals surface area contributed by atoms with Crippen LogP contribution in [-0.2, 0) is 16.1 Å². The van der Waals surface area contributed by atoms with Crippen molar-refractivity contribution >= 4 is 16.9 Å². The Morgan fingerprint density at radius 1 is 1.33 bits per heavy atom. The number of carbonyl (C=O) groups excluding carboxylic acids is 1. The van der Waals surface area contributed by atoms with E-state index in [4.69, 9.17) is 4.74 Å². The van der Waals surface area contributed by atoms with Crippen LogP contribution in [0.15, 0.2) is 29.1 Å². The summed E-state index contributed by atoms with van der Waals surface area (Å²) in [6.45, 7) is 7.22. The van der Waals surface area contributed by atoms with Crippen LogP contribution in [0.5, 0.6) is 0 Å². The Morgan fingerprint density at radius 2 is 2.08 bits per heavy atom. The number of ether oxygens (including phenoxy) is 1. The zero-order valence-electron chi connectivity index (χ0n) is 14.5. The summed E-state index contributed by atoms with van der Waals surface area (Å²) >= 11 is 0. The number of nitrogens with zero attached hydrogens (tertiary/aromatic N) is 2. The number of hydrogen-bond donors (Lipinski definition) is 1. The first kappa shape index (κ1) is 18.1. The minimum atomic E-state index is -0.146. The fourth-order valence-electron chi connectivity index (χ4n) is 2.46. The van der Waals surface area contributed by atoms with E-state index in [0.717, 1.165) is 17.5 Å². The molecule has 6 nitrogen and oxygen atoms in total. The molecular weight excluding hydrogens is 306 g/mol. The summed E-state index contributed by atoms with van der Waals surface area (Å²) in [4.78, 5) is 28.6. The molecule has 0 saturated heterocycles. The Bertz CT molecular complexity index is 753. The van der Waals surface area contributed by atoms with E-state index < -0.39 is 0 Å². The Balaban J connectivity index is 1.92. The van der Waals surface area contributed by atoms with E-state index in [0.29, 0.717) is 25.4 Å². The molecular formula is C18H25N3O3. The zero-order chi connectivity index (χ0) is 17.5. The molecule has 2 rings (SSSR count). The Labute approximate surface area is 141 Å². The Hall–Kier alpha value is -2.21.